The summed E-state index contributed by atoms with van der Waals surface area (Å²) in [6.07, 6.45) is 4.94. The molecule has 0 rings (SSSR count). The highest BCUT2D eigenvalue weighted by molar-refractivity contribution is 7.94. The third kappa shape index (κ3) is 10.5. The molecule has 5 heteroatoms. The summed E-state index contributed by atoms with van der Waals surface area (Å²) >= 11 is 1.13. The Hall–Kier alpha value is 0.190. The maximum Gasteiger partial charge on any atom is 0.0359 e. The summed E-state index contributed by atoms with van der Waals surface area (Å²) in [7, 11) is 0. The predicted molar refractivity (Wildman–Crippen MR) is 63.5 cm³/mol. The molecule has 0 amide bonds. The van der Waals surface area contributed by atoms with Crippen LogP contribution in [-0.4, -0.2) is 35.5 Å². The highest BCUT2D eigenvalue weighted by Crippen LogP contribution is 2.05. The van der Waals surface area contributed by atoms with E-state index >= 15 is 0 Å². The molecule has 0 aromatic heterocycles. The highest BCUT2D eigenvalue weighted by Gasteiger charge is 2.03. The zero-order chi connectivity index (χ0) is 11.4. The van der Waals surface area contributed by atoms with Gasteiger partial charge in [0.25, 0.3) is 0 Å². The molecule has 4 nitrogen and oxygen atoms in total. The van der Waals surface area contributed by atoms with Crippen LogP contribution in [0.4, 0.5) is 0 Å². The Bertz CT molecular complexity index is 119. The van der Waals surface area contributed by atoms with E-state index in [1.165, 1.54) is 25.7 Å². The zero-order valence-electron chi connectivity index (χ0n) is 9.78. The summed E-state index contributed by atoms with van der Waals surface area (Å²) in [5, 5.41) is 11.5. The van der Waals surface area contributed by atoms with Crippen LogP contribution in [0, 0.1) is 0 Å². The van der Waals surface area contributed by atoms with Crippen molar-refractivity contribution in [3.63, 3.8) is 0 Å². The molecule has 0 aliphatic rings. The highest BCUT2D eigenvalue weighted by atomic mass is 32.2. The number of hydrogen-bond donors (Lipinski definition) is 1. The van der Waals surface area contributed by atoms with E-state index in [0.717, 1.165) is 37.4 Å². The minimum absolute atomic E-state index is 0.813. The van der Waals surface area contributed by atoms with Crippen molar-refractivity contribution in [2.45, 2.75) is 39.5 Å². The Balaban J connectivity index is 3.49. The molecule has 1 N–H and O–H groups in total. The number of unbranched alkanes of at least 4 members (excludes halogenated alkanes) is 2. The summed E-state index contributed by atoms with van der Waals surface area (Å²) in [6, 6.07) is 0. The molecule has 0 aromatic carbocycles. The van der Waals surface area contributed by atoms with Gasteiger partial charge in [-0.25, -0.2) is 5.26 Å². The smallest absolute Gasteiger partial charge is 0.0359 e. The Morgan fingerprint density at radius 2 is 1.67 bits per heavy atom. The quantitative estimate of drug-likeness (QED) is 0.259. The van der Waals surface area contributed by atoms with E-state index in [9.17, 15) is 0 Å². The molecule has 0 spiro atoms. The van der Waals surface area contributed by atoms with E-state index in [-0.39, 0.29) is 0 Å². The SMILES string of the molecule is CCCCN(CCCC)CCSOOO. The fourth-order valence-corrected chi connectivity index (χ4v) is 1.76. The van der Waals surface area contributed by atoms with Crippen molar-refractivity contribution in [1.29, 1.82) is 0 Å². The van der Waals surface area contributed by atoms with Crippen LogP contribution >= 0.6 is 12.0 Å². The Labute approximate surface area is 97.0 Å². The van der Waals surface area contributed by atoms with Crippen LogP contribution < -0.4 is 0 Å². The van der Waals surface area contributed by atoms with Crippen molar-refractivity contribution in [3.8, 4) is 0 Å². The van der Waals surface area contributed by atoms with E-state index in [4.69, 9.17) is 5.26 Å². The summed E-state index contributed by atoms with van der Waals surface area (Å²) in [4.78, 5) is 2.43. The molecule has 0 aliphatic carbocycles. The summed E-state index contributed by atoms with van der Waals surface area (Å²) in [5.74, 6) is 0.813. The number of rotatable bonds is 11. The zero-order valence-corrected chi connectivity index (χ0v) is 10.6. The van der Waals surface area contributed by atoms with Crippen LogP contribution in [0.5, 0.6) is 0 Å². The lowest BCUT2D eigenvalue weighted by Gasteiger charge is -2.21. The first-order valence-electron chi connectivity index (χ1n) is 5.67. The van der Waals surface area contributed by atoms with Gasteiger partial charge < -0.3 is 4.90 Å². The van der Waals surface area contributed by atoms with Gasteiger partial charge in [0, 0.05) is 24.3 Å². The summed E-state index contributed by atoms with van der Waals surface area (Å²) < 4.78 is 4.34. The molecule has 92 valence electrons. The Morgan fingerprint density at radius 3 is 2.13 bits per heavy atom. The maximum absolute atomic E-state index is 7.96. The topological polar surface area (TPSA) is 41.9 Å². The van der Waals surface area contributed by atoms with Crippen molar-refractivity contribution in [2.75, 3.05) is 25.4 Å². The second kappa shape index (κ2) is 12.3. The van der Waals surface area contributed by atoms with Crippen molar-refractivity contribution < 1.29 is 14.6 Å². The second-order valence-electron chi connectivity index (χ2n) is 3.51. The van der Waals surface area contributed by atoms with Gasteiger partial charge in [-0.2, -0.15) is 0 Å². The van der Waals surface area contributed by atoms with Crippen LogP contribution in [0.1, 0.15) is 39.5 Å². The molecule has 0 aliphatic heterocycles. The third-order valence-electron chi connectivity index (χ3n) is 2.23. The molecule has 0 saturated heterocycles. The normalized spacial score (nSPS) is 11.2. The van der Waals surface area contributed by atoms with Crippen LogP contribution in [0.3, 0.4) is 0 Å². The average molecular weight is 237 g/mol. The van der Waals surface area contributed by atoms with E-state index in [1.807, 2.05) is 0 Å². The minimum atomic E-state index is 0.813. The van der Waals surface area contributed by atoms with Gasteiger partial charge >= 0.3 is 0 Å². The second-order valence-corrected chi connectivity index (χ2v) is 4.29. The molecule has 15 heavy (non-hydrogen) atoms. The molecular formula is C10H23NO3S. The molecule has 0 radical (unpaired) electrons. The fraction of sp³-hybridized carbons (Fsp3) is 1.00. The summed E-state index contributed by atoms with van der Waals surface area (Å²) in [6.45, 7) is 7.69. The molecule has 0 bridgehead atoms. The largest absolute Gasteiger partial charge is 0.302 e. The lowest BCUT2D eigenvalue weighted by atomic mass is 10.2. The molecule has 0 heterocycles. The van der Waals surface area contributed by atoms with Gasteiger partial charge in [-0.1, -0.05) is 31.7 Å². The number of nitrogens with zero attached hydrogens (tertiary/aromatic N) is 1. The van der Waals surface area contributed by atoms with Crippen molar-refractivity contribution in [3.05, 3.63) is 0 Å². The third-order valence-corrected chi connectivity index (χ3v) is 2.73. The molecule has 0 fully saturated rings. The molecule has 0 unspecified atom stereocenters. The van der Waals surface area contributed by atoms with Gasteiger partial charge in [0.05, 0.1) is 0 Å². The first-order chi connectivity index (χ1) is 7.35. The minimum Gasteiger partial charge on any atom is -0.302 e. The molecule has 0 atom stereocenters. The fourth-order valence-electron chi connectivity index (χ4n) is 1.32. The van der Waals surface area contributed by atoms with Crippen molar-refractivity contribution in [1.82, 2.24) is 4.90 Å². The van der Waals surface area contributed by atoms with E-state index in [1.54, 1.807) is 0 Å². The van der Waals surface area contributed by atoms with Crippen LogP contribution in [-0.2, 0) is 9.37 Å². The Morgan fingerprint density at radius 1 is 1.07 bits per heavy atom. The standard InChI is InChI=1S/C10H23NO3S/c1-3-5-7-11(8-6-4-2)9-10-15-14-13-12/h12H,3-10H2,1-2H3. The van der Waals surface area contributed by atoms with Gasteiger partial charge in [-0.3, -0.25) is 0 Å². The van der Waals surface area contributed by atoms with Crippen LogP contribution in [0.25, 0.3) is 0 Å². The van der Waals surface area contributed by atoms with Crippen LogP contribution in [0.2, 0.25) is 0 Å². The predicted octanol–water partition coefficient (Wildman–Crippen LogP) is 2.96. The van der Waals surface area contributed by atoms with Gasteiger partial charge in [-0.15, -0.1) is 4.33 Å². The van der Waals surface area contributed by atoms with Gasteiger partial charge in [0.2, 0.25) is 0 Å². The molecule has 0 saturated carbocycles. The van der Waals surface area contributed by atoms with Gasteiger partial charge in [0.1, 0.15) is 0 Å². The Kier molecular flexibility index (Phi) is 12.4. The lowest BCUT2D eigenvalue weighted by molar-refractivity contribution is -0.432. The maximum atomic E-state index is 7.96. The number of hydrogen-bond acceptors (Lipinski definition) is 5. The van der Waals surface area contributed by atoms with Gasteiger partial charge in [-0.05, 0) is 25.9 Å². The lowest BCUT2D eigenvalue weighted by Crippen LogP contribution is -2.28. The molecular weight excluding hydrogens is 214 g/mol. The van der Waals surface area contributed by atoms with Crippen LogP contribution in [0.15, 0.2) is 0 Å². The first kappa shape index (κ1) is 15.2. The van der Waals surface area contributed by atoms with Gasteiger partial charge in [0.15, 0.2) is 0 Å². The first-order valence-corrected chi connectivity index (χ1v) is 6.58. The monoisotopic (exact) mass is 237 g/mol. The average Bonchev–Trinajstić information content (AvgIpc) is 2.27. The van der Waals surface area contributed by atoms with Crippen molar-refractivity contribution in [2.24, 2.45) is 0 Å². The molecule has 0 aromatic rings. The van der Waals surface area contributed by atoms with Crippen molar-refractivity contribution >= 4 is 12.0 Å². The van der Waals surface area contributed by atoms with E-state index < -0.39 is 0 Å². The van der Waals surface area contributed by atoms with E-state index in [0.29, 0.717) is 0 Å². The van der Waals surface area contributed by atoms with E-state index in [2.05, 4.69) is 28.1 Å². The summed E-state index contributed by atoms with van der Waals surface area (Å²) in [5.41, 5.74) is 0.